The Balaban J connectivity index is 2.46. The Morgan fingerprint density at radius 2 is 2.25 bits per heavy atom. The van der Waals surface area contributed by atoms with E-state index in [4.69, 9.17) is 4.74 Å². The van der Waals surface area contributed by atoms with Crippen LogP contribution in [0.1, 0.15) is 30.7 Å². The molecule has 0 aliphatic heterocycles. The van der Waals surface area contributed by atoms with Gasteiger partial charge in [0.1, 0.15) is 17.6 Å². The molecule has 1 unspecified atom stereocenters. The van der Waals surface area contributed by atoms with E-state index in [0.717, 1.165) is 6.42 Å². The van der Waals surface area contributed by atoms with E-state index in [9.17, 15) is 9.50 Å². The molecule has 1 heterocycles. The van der Waals surface area contributed by atoms with Crippen LogP contribution in [0.2, 0.25) is 0 Å². The molecule has 2 aromatic rings. The minimum atomic E-state index is -0.936. The summed E-state index contributed by atoms with van der Waals surface area (Å²) in [6.07, 6.45) is 1.52. The summed E-state index contributed by atoms with van der Waals surface area (Å²) in [4.78, 5) is 0. The van der Waals surface area contributed by atoms with Gasteiger partial charge in [-0.1, -0.05) is 28.9 Å². The van der Waals surface area contributed by atoms with Crippen LogP contribution in [0, 0.1) is 5.82 Å². The summed E-state index contributed by atoms with van der Waals surface area (Å²) in [5.41, 5.74) is 1.14. The summed E-state index contributed by atoms with van der Waals surface area (Å²) in [5, 5.41) is 14.8. The molecule has 0 saturated carbocycles. The zero-order valence-electron chi connectivity index (χ0n) is 11.3. The zero-order valence-corrected chi connectivity index (χ0v) is 12.9. The molecule has 4 nitrogen and oxygen atoms in total. The number of benzene rings is 1. The van der Waals surface area contributed by atoms with Crippen molar-refractivity contribution in [3.63, 3.8) is 0 Å². The number of aliphatic hydroxyl groups excluding tert-OH is 1. The van der Waals surface area contributed by atoms with Crippen LogP contribution in [-0.2, 0) is 6.54 Å². The molecule has 108 valence electrons. The second-order valence-electron chi connectivity index (χ2n) is 4.39. The Hall–Kier alpha value is -1.40. The molecule has 1 aromatic heterocycles. The lowest BCUT2D eigenvalue weighted by molar-refractivity contribution is 0.201. The number of nitrogens with zero attached hydrogens (tertiary/aromatic N) is 2. The molecule has 0 aliphatic carbocycles. The SMILES string of the molecule is CCCn1ncc(OC)c1C(O)c1ccc(F)cc1Br. The highest BCUT2D eigenvalue weighted by atomic mass is 79.9. The molecule has 0 radical (unpaired) electrons. The van der Waals surface area contributed by atoms with E-state index in [-0.39, 0.29) is 5.82 Å². The fourth-order valence-electron chi connectivity index (χ4n) is 2.07. The van der Waals surface area contributed by atoms with Crippen molar-refractivity contribution in [2.24, 2.45) is 0 Å². The topological polar surface area (TPSA) is 47.3 Å². The molecule has 0 fully saturated rings. The zero-order chi connectivity index (χ0) is 14.7. The quantitative estimate of drug-likeness (QED) is 0.906. The largest absolute Gasteiger partial charge is 0.493 e. The number of aromatic nitrogens is 2. The molecule has 0 saturated heterocycles. The summed E-state index contributed by atoms with van der Waals surface area (Å²) in [5.74, 6) is 0.157. The monoisotopic (exact) mass is 342 g/mol. The molecular weight excluding hydrogens is 327 g/mol. The summed E-state index contributed by atoms with van der Waals surface area (Å²) < 4.78 is 20.6. The lowest BCUT2D eigenvalue weighted by Crippen LogP contribution is -2.11. The minimum Gasteiger partial charge on any atom is -0.493 e. The molecule has 20 heavy (non-hydrogen) atoms. The molecule has 1 atom stereocenters. The third kappa shape index (κ3) is 2.86. The highest BCUT2D eigenvalue weighted by Crippen LogP contribution is 2.34. The van der Waals surface area contributed by atoms with E-state index >= 15 is 0 Å². The van der Waals surface area contributed by atoms with Crippen molar-refractivity contribution in [3.05, 3.63) is 45.9 Å². The Kier molecular flexibility index (Phi) is 4.77. The van der Waals surface area contributed by atoms with Gasteiger partial charge < -0.3 is 9.84 Å². The number of hydrogen-bond acceptors (Lipinski definition) is 3. The van der Waals surface area contributed by atoms with Crippen molar-refractivity contribution in [3.8, 4) is 5.75 Å². The number of rotatable bonds is 5. The minimum absolute atomic E-state index is 0.359. The van der Waals surface area contributed by atoms with Crippen LogP contribution in [0.3, 0.4) is 0 Å². The fourth-order valence-corrected chi connectivity index (χ4v) is 2.64. The summed E-state index contributed by atoms with van der Waals surface area (Å²) in [6.45, 7) is 2.70. The third-order valence-electron chi connectivity index (χ3n) is 3.02. The van der Waals surface area contributed by atoms with Gasteiger partial charge in [-0.15, -0.1) is 0 Å². The predicted octanol–water partition coefficient (Wildman–Crippen LogP) is 3.29. The molecule has 1 N–H and O–H groups in total. The average Bonchev–Trinajstić information content (AvgIpc) is 2.81. The normalized spacial score (nSPS) is 12.4. The lowest BCUT2D eigenvalue weighted by Gasteiger charge is -2.16. The van der Waals surface area contributed by atoms with Gasteiger partial charge in [0.05, 0.1) is 13.3 Å². The van der Waals surface area contributed by atoms with Gasteiger partial charge >= 0.3 is 0 Å². The molecule has 2 rings (SSSR count). The lowest BCUT2D eigenvalue weighted by atomic mass is 10.1. The maximum absolute atomic E-state index is 13.1. The Morgan fingerprint density at radius 1 is 1.50 bits per heavy atom. The van der Waals surface area contributed by atoms with Crippen LogP contribution in [0.15, 0.2) is 28.9 Å². The first kappa shape index (κ1) is 15.0. The first-order valence-electron chi connectivity index (χ1n) is 6.31. The van der Waals surface area contributed by atoms with Crippen LogP contribution >= 0.6 is 15.9 Å². The van der Waals surface area contributed by atoms with Gasteiger partial charge in [0, 0.05) is 16.6 Å². The van der Waals surface area contributed by atoms with E-state index in [2.05, 4.69) is 21.0 Å². The Labute approximate surface area is 125 Å². The van der Waals surface area contributed by atoms with Gasteiger partial charge in [0.2, 0.25) is 0 Å². The van der Waals surface area contributed by atoms with Crippen LogP contribution in [0.25, 0.3) is 0 Å². The number of aliphatic hydroxyl groups is 1. The molecule has 0 bridgehead atoms. The van der Waals surface area contributed by atoms with Gasteiger partial charge in [-0.3, -0.25) is 4.68 Å². The van der Waals surface area contributed by atoms with E-state index in [1.54, 1.807) is 16.9 Å². The smallest absolute Gasteiger partial charge is 0.163 e. The van der Waals surface area contributed by atoms with Crippen molar-refractivity contribution in [2.45, 2.75) is 26.0 Å². The third-order valence-corrected chi connectivity index (χ3v) is 3.70. The summed E-state index contributed by atoms with van der Waals surface area (Å²) in [6, 6.07) is 4.19. The van der Waals surface area contributed by atoms with Crippen LogP contribution < -0.4 is 4.74 Å². The molecule has 0 aliphatic rings. The molecule has 0 spiro atoms. The van der Waals surface area contributed by atoms with Gasteiger partial charge in [0.25, 0.3) is 0 Å². The summed E-state index contributed by atoms with van der Waals surface area (Å²) >= 11 is 3.27. The van der Waals surface area contributed by atoms with E-state index in [1.807, 2.05) is 6.92 Å². The van der Waals surface area contributed by atoms with Gasteiger partial charge in [-0.25, -0.2) is 4.39 Å². The van der Waals surface area contributed by atoms with Crippen LogP contribution in [0.5, 0.6) is 5.75 Å². The van der Waals surface area contributed by atoms with E-state index < -0.39 is 6.10 Å². The first-order chi connectivity index (χ1) is 9.58. The molecular formula is C14H16BrFN2O2. The highest BCUT2D eigenvalue weighted by molar-refractivity contribution is 9.10. The van der Waals surface area contributed by atoms with Crippen LogP contribution in [-0.4, -0.2) is 22.0 Å². The Bertz CT molecular complexity index is 601. The van der Waals surface area contributed by atoms with Crippen molar-refractivity contribution in [1.82, 2.24) is 9.78 Å². The molecule has 6 heteroatoms. The highest BCUT2D eigenvalue weighted by Gasteiger charge is 2.23. The standard InChI is InChI=1S/C14H16BrFN2O2/c1-3-6-18-13(12(20-2)8-17-18)14(19)10-5-4-9(16)7-11(10)15/h4-5,7-8,14,19H,3,6H2,1-2H3. The number of methoxy groups -OCH3 is 1. The van der Waals surface area contributed by atoms with E-state index in [0.29, 0.717) is 28.0 Å². The molecule has 0 amide bonds. The maximum atomic E-state index is 13.1. The van der Waals surface area contributed by atoms with Crippen molar-refractivity contribution >= 4 is 15.9 Å². The van der Waals surface area contributed by atoms with Gasteiger partial charge in [-0.2, -0.15) is 5.10 Å². The second kappa shape index (κ2) is 6.37. The van der Waals surface area contributed by atoms with E-state index in [1.165, 1.54) is 19.2 Å². The van der Waals surface area contributed by atoms with Crippen molar-refractivity contribution < 1.29 is 14.2 Å². The average molecular weight is 343 g/mol. The maximum Gasteiger partial charge on any atom is 0.163 e. The second-order valence-corrected chi connectivity index (χ2v) is 5.24. The van der Waals surface area contributed by atoms with Gasteiger partial charge in [0.15, 0.2) is 5.75 Å². The predicted molar refractivity (Wildman–Crippen MR) is 77.2 cm³/mol. The van der Waals surface area contributed by atoms with Crippen LogP contribution in [0.4, 0.5) is 4.39 Å². The first-order valence-corrected chi connectivity index (χ1v) is 7.10. The van der Waals surface area contributed by atoms with Crippen molar-refractivity contribution in [2.75, 3.05) is 7.11 Å². The number of aryl methyl sites for hydroxylation is 1. The number of halogens is 2. The summed E-state index contributed by atoms with van der Waals surface area (Å²) in [7, 11) is 1.53. The van der Waals surface area contributed by atoms with Gasteiger partial charge in [-0.05, 0) is 18.6 Å². The number of hydrogen-bond donors (Lipinski definition) is 1. The fraction of sp³-hybridized carbons (Fsp3) is 0.357. The van der Waals surface area contributed by atoms with Crippen molar-refractivity contribution in [1.29, 1.82) is 0 Å². The Morgan fingerprint density at radius 3 is 2.85 bits per heavy atom. The number of ether oxygens (including phenoxy) is 1. The molecule has 1 aromatic carbocycles.